The maximum absolute atomic E-state index is 4.36. The summed E-state index contributed by atoms with van der Waals surface area (Å²) in [6.07, 6.45) is 2.18. The Bertz CT molecular complexity index is 649. The number of thiophene rings is 1. The maximum Gasteiger partial charge on any atom is 0.191 e. The highest BCUT2D eigenvalue weighted by Gasteiger charge is 2.23. The molecule has 2 heterocycles. The molecular weight excluding hydrogens is 316 g/mol. The van der Waals surface area contributed by atoms with Crippen LogP contribution < -0.4 is 15.5 Å². The van der Waals surface area contributed by atoms with Crippen LogP contribution in [-0.2, 0) is 6.42 Å². The number of nitrogens with zero attached hydrogens (tertiary/aromatic N) is 2. The summed E-state index contributed by atoms with van der Waals surface area (Å²) in [5.41, 5.74) is 2.62. The molecule has 0 aliphatic carbocycles. The Hall–Kier alpha value is -2.01. The van der Waals surface area contributed by atoms with Crippen LogP contribution in [0.15, 0.2) is 46.8 Å². The van der Waals surface area contributed by atoms with Gasteiger partial charge in [-0.2, -0.15) is 0 Å². The van der Waals surface area contributed by atoms with E-state index in [4.69, 9.17) is 0 Å². The van der Waals surface area contributed by atoms with E-state index in [9.17, 15) is 0 Å². The van der Waals surface area contributed by atoms with Crippen LogP contribution in [0, 0.1) is 6.92 Å². The van der Waals surface area contributed by atoms with Crippen molar-refractivity contribution in [1.29, 1.82) is 0 Å². The second-order valence-corrected chi connectivity index (χ2v) is 7.27. The van der Waals surface area contributed by atoms with E-state index in [0.29, 0.717) is 6.04 Å². The molecule has 0 bridgehead atoms. The Kier molecular flexibility index (Phi) is 5.75. The van der Waals surface area contributed by atoms with Crippen molar-refractivity contribution < 1.29 is 0 Å². The van der Waals surface area contributed by atoms with Crippen molar-refractivity contribution in [2.24, 2.45) is 4.99 Å². The van der Waals surface area contributed by atoms with Gasteiger partial charge in [0.2, 0.25) is 0 Å². The Morgan fingerprint density at radius 1 is 1.29 bits per heavy atom. The Balaban J connectivity index is 1.45. The fourth-order valence-electron chi connectivity index (χ4n) is 3.02. The van der Waals surface area contributed by atoms with E-state index < -0.39 is 0 Å². The highest BCUT2D eigenvalue weighted by atomic mass is 32.1. The van der Waals surface area contributed by atoms with Gasteiger partial charge in [0.25, 0.3) is 0 Å². The highest BCUT2D eigenvalue weighted by Crippen LogP contribution is 2.20. The van der Waals surface area contributed by atoms with Crippen molar-refractivity contribution >= 4 is 23.0 Å². The fraction of sp³-hybridized carbons (Fsp3) is 0.421. The molecule has 1 aromatic heterocycles. The first-order chi connectivity index (χ1) is 11.7. The van der Waals surface area contributed by atoms with Crippen molar-refractivity contribution in [3.8, 4) is 0 Å². The number of rotatable bonds is 5. The van der Waals surface area contributed by atoms with Gasteiger partial charge in [0.1, 0.15) is 0 Å². The minimum atomic E-state index is 0.444. The highest BCUT2D eigenvalue weighted by molar-refractivity contribution is 7.09. The molecule has 0 radical (unpaired) electrons. The molecule has 2 N–H and O–H groups in total. The molecule has 0 saturated carbocycles. The SMILES string of the molecule is CN=C(NCCc1cccs1)NC1CCN(c2ccc(C)cc2)C1. The molecule has 0 amide bonds. The molecule has 1 saturated heterocycles. The molecule has 0 spiro atoms. The Morgan fingerprint density at radius 2 is 2.12 bits per heavy atom. The molecule has 1 aliphatic rings. The van der Waals surface area contributed by atoms with Crippen LogP contribution in [0.1, 0.15) is 16.9 Å². The van der Waals surface area contributed by atoms with E-state index in [0.717, 1.165) is 38.4 Å². The average Bonchev–Trinajstić information content (AvgIpc) is 3.26. The number of anilines is 1. The molecule has 128 valence electrons. The number of hydrogen-bond acceptors (Lipinski definition) is 3. The van der Waals surface area contributed by atoms with E-state index in [2.05, 4.69) is 69.2 Å². The van der Waals surface area contributed by atoms with Crippen molar-refractivity contribution in [3.63, 3.8) is 0 Å². The van der Waals surface area contributed by atoms with Crippen molar-refractivity contribution in [3.05, 3.63) is 52.2 Å². The minimum absolute atomic E-state index is 0.444. The predicted molar refractivity (Wildman–Crippen MR) is 104 cm³/mol. The number of aliphatic imine (C=N–C) groups is 1. The number of hydrogen-bond donors (Lipinski definition) is 2. The van der Waals surface area contributed by atoms with Gasteiger partial charge in [-0.1, -0.05) is 23.8 Å². The molecular formula is C19H26N4S. The van der Waals surface area contributed by atoms with Gasteiger partial charge in [0.05, 0.1) is 0 Å². The normalized spacial score (nSPS) is 18.0. The van der Waals surface area contributed by atoms with Crippen LogP contribution in [0.25, 0.3) is 0 Å². The van der Waals surface area contributed by atoms with Crippen LogP contribution in [0.2, 0.25) is 0 Å². The van der Waals surface area contributed by atoms with Crippen LogP contribution in [-0.4, -0.2) is 38.7 Å². The first-order valence-corrected chi connectivity index (χ1v) is 9.44. The smallest absolute Gasteiger partial charge is 0.191 e. The van der Waals surface area contributed by atoms with Gasteiger partial charge in [-0.05, 0) is 43.3 Å². The fourth-order valence-corrected chi connectivity index (χ4v) is 3.72. The molecule has 1 unspecified atom stereocenters. The second-order valence-electron chi connectivity index (χ2n) is 6.24. The summed E-state index contributed by atoms with van der Waals surface area (Å²) in [4.78, 5) is 8.21. The van der Waals surface area contributed by atoms with E-state index in [1.807, 2.05) is 18.4 Å². The molecule has 24 heavy (non-hydrogen) atoms. The minimum Gasteiger partial charge on any atom is -0.369 e. The quantitative estimate of drug-likeness (QED) is 0.648. The van der Waals surface area contributed by atoms with Crippen LogP contribution >= 0.6 is 11.3 Å². The topological polar surface area (TPSA) is 39.7 Å². The third-order valence-corrected chi connectivity index (χ3v) is 5.33. The third-order valence-electron chi connectivity index (χ3n) is 4.40. The van der Waals surface area contributed by atoms with E-state index in [1.165, 1.54) is 16.1 Å². The monoisotopic (exact) mass is 342 g/mol. The zero-order chi connectivity index (χ0) is 16.8. The van der Waals surface area contributed by atoms with Crippen molar-refractivity contribution in [2.45, 2.75) is 25.8 Å². The number of benzene rings is 1. The summed E-state index contributed by atoms with van der Waals surface area (Å²) in [6, 6.07) is 13.5. The Labute approximate surface area is 148 Å². The summed E-state index contributed by atoms with van der Waals surface area (Å²) < 4.78 is 0. The van der Waals surface area contributed by atoms with Gasteiger partial charge in [0, 0.05) is 43.3 Å². The maximum atomic E-state index is 4.36. The average molecular weight is 343 g/mol. The van der Waals surface area contributed by atoms with Gasteiger partial charge < -0.3 is 15.5 Å². The first kappa shape index (κ1) is 16.8. The first-order valence-electron chi connectivity index (χ1n) is 8.56. The molecule has 4 nitrogen and oxygen atoms in total. The zero-order valence-corrected chi connectivity index (χ0v) is 15.3. The van der Waals surface area contributed by atoms with Gasteiger partial charge in [-0.3, -0.25) is 4.99 Å². The van der Waals surface area contributed by atoms with Crippen LogP contribution in [0.4, 0.5) is 5.69 Å². The van der Waals surface area contributed by atoms with Gasteiger partial charge in [-0.25, -0.2) is 0 Å². The molecule has 1 aliphatic heterocycles. The number of aryl methyl sites for hydroxylation is 1. The number of guanidine groups is 1. The van der Waals surface area contributed by atoms with Crippen molar-refractivity contribution in [2.75, 3.05) is 31.6 Å². The van der Waals surface area contributed by atoms with Gasteiger partial charge in [0.15, 0.2) is 5.96 Å². The Morgan fingerprint density at radius 3 is 2.83 bits per heavy atom. The molecule has 5 heteroatoms. The van der Waals surface area contributed by atoms with Gasteiger partial charge >= 0.3 is 0 Å². The van der Waals surface area contributed by atoms with Crippen LogP contribution in [0.3, 0.4) is 0 Å². The lowest BCUT2D eigenvalue weighted by molar-refractivity contribution is 0.648. The molecule has 3 rings (SSSR count). The molecule has 2 aromatic rings. The van der Waals surface area contributed by atoms with E-state index in [-0.39, 0.29) is 0 Å². The summed E-state index contributed by atoms with van der Waals surface area (Å²) in [5, 5.41) is 9.11. The zero-order valence-electron chi connectivity index (χ0n) is 14.5. The molecule has 1 aromatic carbocycles. The predicted octanol–water partition coefficient (Wildman–Crippen LogP) is 3.04. The lowest BCUT2D eigenvalue weighted by atomic mass is 10.2. The summed E-state index contributed by atoms with van der Waals surface area (Å²) in [6.45, 7) is 5.15. The van der Waals surface area contributed by atoms with Crippen LogP contribution in [0.5, 0.6) is 0 Å². The van der Waals surface area contributed by atoms with E-state index >= 15 is 0 Å². The standard InChI is InChI=1S/C19H26N4S/c1-15-5-7-17(8-6-15)23-12-10-16(14-23)22-19(20-2)21-11-9-18-4-3-13-24-18/h3-8,13,16H,9-12,14H2,1-2H3,(H2,20,21,22). The molecule has 1 atom stereocenters. The summed E-state index contributed by atoms with van der Waals surface area (Å²) >= 11 is 1.81. The van der Waals surface area contributed by atoms with E-state index in [1.54, 1.807) is 0 Å². The number of nitrogens with one attached hydrogen (secondary N) is 2. The largest absolute Gasteiger partial charge is 0.369 e. The second kappa shape index (κ2) is 8.20. The lowest BCUT2D eigenvalue weighted by Crippen LogP contribution is -2.45. The molecule has 1 fully saturated rings. The van der Waals surface area contributed by atoms with Crippen molar-refractivity contribution in [1.82, 2.24) is 10.6 Å². The third kappa shape index (κ3) is 4.51. The summed E-state index contributed by atoms with van der Waals surface area (Å²) in [5.74, 6) is 0.905. The summed E-state index contributed by atoms with van der Waals surface area (Å²) in [7, 11) is 1.84. The lowest BCUT2D eigenvalue weighted by Gasteiger charge is -2.20. The van der Waals surface area contributed by atoms with Gasteiger partial charge in [-0.15, -0.1) is 11.3 Å².